The van der Waals surface area contributed by atoms with Gasteiger partial charge in [-0.15, -0.1) is 0 Å². The molecule has 7 heteroatoms. The Bertz CT molecular complexity index is 706. The van der Waals surface area contributed by atoms with Crippen LogP contribution in [0.15, 0.2) is 42.5 Å². The number of hydrogen-bond acceptors (Lipinski definition) is 3. The van der Waals surface area contributed by atoms with Gasteiger partial charge in [0.05, 0.1) is 4.92 Å². The van der Waals surface area contributed by atoms with Crippen molar-refractivity contribution in [2.24, 2.45) is 0 Å². The van der Waals surface area contributed by atoms with E-state index in [1.54, 1.807) is 24.3 Å². The SMILES string of the molecule is O=C(NCc1cccc(Cl)c1)c1ccc([N+](=O)[O-])c(F)c1. The first-order chi connectivity index (χ1) is 9.97. The smallest absolute Gasteiger partial charge is 0.304 e. The molecule has 108 valence electrons. The highest BCUT2D eigenvalue weighted by molar-refractivity contribution is 6.30. The van der Waals surface area contributed by atoms with Crippen molar-refractivity contribution >= 4 is 23.2 Å². The number of nitro benzene ring substituents is 1. The van der Waals surface area contributed by atoms with Crippen molar-refractivity contribution in [2.75, 3.05) is 0 Å². The molecule has 0 aromatic heterocycles. The van der Waals surface area contributed by atoms with E-state index in [1.807, 2.05) is 0 Å². The van der Waals surface area contributed by atoms with E-state index >= 15 is 0 Å². The Balaban J connectivity index is 2.07. The van der Waals surface area contributed by atoms with Crippen molar-refractivity contribution in [1.82, 2.24) is 5.32 Å². The van der Waals surface area contributed by atoms with Crippen LogP contribution in [0.1, 0.15) is 15.9 Å². The van der Waals surface area contributed by atoms with Crippen LogP contribution < -0.4 is 5.32 Å². The van der Waals surface area contributed by atoms with Gasteiger partial charge in [0.1, 0.15) is 0 Å². The first-order valence-electron chi connectivity index (χ1n) is 5.94. The summed E-state index contributed by atoms with van der Waals surface area (Å²) in [6.07, 6.45) is 0. The van der Waals surface area contributed by atoms with Gasteiger partial charge < -0.3 is 5.32 Å². The number of benzene rings is 2. The van der Waals surface area contributed by atoms with Crippen LogP contribution in [0.25, 0.3) is 0 Å². The summed E-state index contributed by atoms with van der Waals surface area (Å²) >= 11 is 5.82. The largest absolute Gasteiger partial charge is 0.348 e. The van der Waals surface area contributed by atoms with E-state index in [0.717, 1.165) is 17.7 Å². The zero-order chi connectivity index (χ0) is 15.4. The number of carbonyl (C=O) groups is 1. The number of nitro groups is 1. The highest BCUT2D eigenvalue weighted by Crippen LogP contribution is 2.18. The number of halogens is 2. The molecule has 0 saturated carbocycles. The minimum Gasteiger partial charge on any atom is -0.348 e. The molecule has 2 aromatic carbocycles. The van der Waals surface area contributed by atoms with Crippen molar-refractivity contribution in [3.8, 4) is 0 Å². The van der Waals surface area contributed by atoms with Gasteiger partial charge in [-0.2, -0.15) is 4.39 Å². The first-order valence-corrected chi connectivity index (χ1v) is 6.32. The second-order valence-electron chi connectivity index (χ2n) is 4.24. The molecule has 0 aliphatic rings. The molecule has 0 aliphatic carbocycles. The van der Waals surface area contributed by atoms with Gasteiger partial charge in [-0.05, 0) is 29.8 Å². The molecule has 0 unspecified atom stereocenters. The Labute approximate surface area is 124 Å². The molecule has 0 bridgehead atoms. The summed E-state index contributed by atoms with van der Waals surface area (Å²) in [5.41, 5.74) is 0.139. The normalized spacial score (nSPS) is 10.2. The third-order valence-electron chi connectivity index (χ3n) is 2.75. The van der Waals surface area contributed by atoms with Gasteiger partial charge in [0.15, 0.2) is 0 Å². The van der Waals surface area contributed by atoms with Crippen molar-refractivity contribution < 1.29 is 14.1 Å². The van der Waals surface area contributed by atoms with Crippen molar-refractivity contribution in [1.29, 1.82) is 0 Å². The monoisotopic (exact) mass is 308 g/mol. The molecule has 1 N–H and O–H groups in total. The average molecular weight is 309 g/mol. The quantitative estimate of drug-likeness (QED) is 0.695. The maximum Gasteiger partial charge on any atom is 0.304 e. The zero-order valence-corrected chi connectivity index (χ0v) is 11.4. The van der Waals surface area contributed by atoms with Crippen LogP contribution >= 0.6 is 11.6 Å². The summed E-state index contributed by atoms with van der Waals surface area (Å²) in [6, 6.07) is 9.93. The summed E-state index contributed by atoms with van der Waals surface area (Å²) < 4.78 is 13.4. The van der Waals surface area contributed by atoms with Crippen LogP contribution in [0.5, 0.6) is 0 Å². The van der Waals surface area contributed by atoms with Crippen molar-refractivity contribution in [3.63, 3.8) is 0 Å². The van der Waals surface area contributed by atoms with Gasteiger partial charge in [-0.3, -0.25) is 14.9 Å². The number of carbonyl (C=O) groups excluding carboxylic acids is 1. The first kappa shape index (κ1) is 14.9. The lowest BCUT2D eigenvalue weighted by Crippen LogP contribution is -2.22. The van der Waals surface area contributed by atoms with Crippen LogP contribution in [0, 0.1) is 15.9 Å². The van der Waals surface area contributed by atoms with E-state index in [1.165, 1.54) is 6.07 Å². The molecule has 5 nitrogen and oxygen atoms in total. The van der Waals surface area contributed by atoms with E-state index < -0.39 is 22.3 Å². The lowest BCUT2D eigenvalue weighted by molar-refractivity contribution is -0.387. The fraction of sp³-hybridized carbons (Fsp3) is 0.0714. The molecule has 0 heterocycles. The van der Waals surface area contributed by atoms with Crippen LogP contribution in [-0.2, 0) is 6.54 Å². The maximum atomic E-state index is 13.4. The Morgan fingerprint density at radius 1 is 1.29 bits per heavy atom. The van der Waals surface area contributed by atoms with E-state index in [2.05, 4.69) is 5.32 Å². The Morgan fingerprint density at radius 3 is 2.67 bits per heavy atom. The van der Waals surface area contributed by atoms with E-state index in [0.29, 0.717) is 5.02 Å². The summed E-state index contributed by atoms with van der Waals surface area (Å²) in [5.74, 6) is -1.57. The van der Waals surface area contributed by atoms with Crippen LogP contribution in [0.2, 0.25) is 5.02 Å². The molecule has 0 saturated heterocycles. The van der Waals surface area contributed by atoms with Gasteiger partial charge in [-0.1, -0.05) is 23.7 Å². The van der Waals surface area contributed by atoms with Crippen LogP contribution in [0.3, 0.4) is 0 Å². The molecule has 0 fully saturated rings. The van der Waals surface area contributed by atoms with Gasteiger partial charge in [0, 0.05) is 23.2 Å². The number of nitrogens with one attached hydrogen (secondary N) is 1. The summed E-state index contributed by atoms with van der Waals surface area (Å²) in [4.78, 5) is 21.5. The van der Waals surface area contributed by atoms with Gasteiger partial charge in [-0.25, -0.2) is 0 Å². The van der Waals surface area contributed by atoms with Crippen molar-refractivity contribution in [3.05, 3.63) is 74.5 Å². The van der Waals surface area contributed by atoms with Crippen molar-refractivity contribution in [2.45, 2.75) is 6.54 Å². The summed E-state index contributed by atoms with van der Waals surface area (Å²) in [6.45, 7) is 0.220. The fourth-order valence-electron chi connectivity index (χ4n) is 1.73. The average Bonchev–Trinajstić information content (AvgIpc) is 2.44. The maximum absolute atomic E-state index is 13.4. The number of amides is 1. The summed E-state index contributed by atoms with van der Waals surface area (Å²) in [7, 11) is 0. The Kier molecular flexibility index (Phi) is 4.49. The molecule has 2 rings (SSSR count). The van der Waals surface area contributed by atoms with Crippen LogP contribution in [0.4, 0.5) is 10.1 Å². The Hall–Kier alpha value is -2.47. The molecule has 0 spiro atoms. The van der Waals surface area contributed by atoms with Gasteiger partial charge >= 0.3 is 5.69 Å². The lowest BCUT2D eigenvalue weighted by atomic mass is 10.1. The predicted octanol–water partition coefficient (Wildman–Crippen LogP) is 3.32. The number of nitrogens with zero attached hydrogens (tertiary/aromatic N) is 1. The second-order valence-corrected chi connectivity index (χ2v) is 4.67. The zero-order valence-electron chi connectivity index (χ0n) is 10.7. The topological polar surface area (TPSA) is 72.2 Å². The van der Waals surface area contributed by atoms with Crippen LogP contribution in [-0.4, -0.2) is 10.8 Å². The summed E-state index contributed by atoms with van der Waals surface area (Å²) in [5, 5.41) is 13.6. The number of rotatable bonds is 4. The third-order valence-corrected chi connectivity index (χ3v) is 2.98. The highest BCUT2D eigenvalue weighted by Gasteiger charge is 2.16. The molecular formula is C14H10ClFN2O3. The number of hydrogen-bond donors (Lipinski definition) is 1. The van der Waals surface area contributed by atoms with E-state index in [4.69, 9.17) is 11.6 Å². The molecule has 0 atom stereocenters. The molecule has 1 amide bonds. The third kappa shape index (κ3) is 3.76. The molecule has 0 radical (unpaired) electrons. The standard InChI is InChI=1S/C14H10ClFN2O3/c15-11-3-1-2-9(6-11)8-17-14(19)10-4-5-13(18(20)21)12(16)7-10/h1-7H,8H2,(H,17,19). The Morgan fingerprint density at radius 2 is 2.05 bits per heavy atom. The van der Waals surface area contributed by atoms with E-state index in [9.17, 15) is 19.3 Å². The fourth-order valence-corrected chi connectivity index (χ4v) is 1.94. The minimum absolute atomic E-state index is 0.0140. The molecule has 21 heavy (non-hydrogen) atoms. The molecule has 2 aromatic rings. The highest BCUT2D eigenvalue weighted by atomic mass is 35.5. The molecule has 0 aliphatic heterocycles. The second kappa shape index (κ2) is 6.32. The van der Waals surface area contributed by atoms with Gasteiger partial charge in [0.2, 0.25) is 5.82 Å². The van der Waals surface area contributed by atoms with Gasteiger partial charge in [0.25, 0.3) is 5.91 Å². The molecular weight excluding hydrogens is 299 g/mol. The predicted molar refractivity (Wildman–Crippen MR) is 75.7 cm³/mol. The lowest BCUT2D eigenvalue weighted by Gasteiger charge is -2.06. The van der Waals surface area contributed by atoms with E-state index in [-0.39, 0.29) is 12.1 Å². The minimum atomic E-state index is -1.05.